The third-order valence-corrected chi connectivity index (χ3v) is 3.71. The van der Waals surface area contributed by atoms with Gasteiger partial charge in [0.2, 0.25) is 0 Å². The number of nitrogens with two attached hydrogens (primary N) is 1. The molecule has 2 amide bonds. The summed E-state index contributed by atoms with van der Waals surface area (Å²) in [5, 5.41) is 8.94. The second-order valence-corrected chi connectivity index (χ2v) is 5.07. The fourth-order valence-electron chi connectivity index (χ4n) is 1.57. The topological polar surface area (TPSA) is 96.2 Å². The first-order valence-corrected chi connectivity index (χ1v) is 7.15. The van der Waals surface area contributed by atoms with E-state index in [2.05, 4.69) is 22.5 Å². The van der Waals surface area contributed by atoms with Crippen LogP contribution in [0.25, 0.3) is 0 Å². The van der Waals surface area contributed by atoms with Crippen LogP contribution in [-0.2, 0) is 0 Å². The van der Waals surface area contributed by atoms with E-state index in [0.717, 1.165) is 6.42 Å². The SMILES string of the molecule is C=CCNC(=O)c1sc(NCCC)c(C(=O)NC)c1N. The Balaban J connectivity index is 3.13. The van der Waals surface area contributed by atoms with Gasteiger partial charge in [0.25, 0.3) is 11.8 Å². The van der Waals surface area contributed by atoms with Gasteiger partial charge in [-0.1, -0.05) is 13.0 Å². The zero-order valence-electron chi connectivity index (χ0n) is 11.7. The van der Waals surface area contributed by atoms with Gasteiger partial charge in [0.15, 0.2) is 0 Å². The number of thiophene rings is 1. The molecule has 0 aliphatic rings. The molecule has 1 aromatic rings. The molecule has 0 saturated carbocycles. The lowest BCUT2D eigenvalue weighted by atomic mass is 10.2. The minimum Gasteiger partial charge on any atom is -0.397 e. The molecule has 0 aromatic carbocycles. The van der Waals surface area contributed by atoms with E-state index in [1.807, 2.05) is 6.92 Å². The molecule has 0 atom stereocenters. The van der Waals surface area contributed by atoms with Gasteiger partial charge in [-0.05, 0) is 6.42 Å². The van der Waals surface area contributed by atoms with Crippen LogP contribution < -0.4 is 21.7 Å². The summed E-state index contributed by atoms with van der Waals surface area (Å²) in [6.45, 7) is 6.61. The van der Waals surface area contributed by atoms with Gasteiger partial charge in [0.05, 0.1) is 11.3 Å². The molecule has 0 bridgehead atoms. The van der Waals surface area contributed by atoms with Crippen molar-refractivity contribution in [3.63, 3.8) is 0 Å². The fraction of sp³-hybridized carbons (Fsp3) is 0.385. The molecule has 0 spiro atoms. The highest BCUT2D eigenvalue weighted by Crippen LogP contribution is 2.35. The molecule has 0 aliphatic heterocycles. The Hall–Kier alpha value is -2.02. The molecule has 1 aromatic heterocycles. The maximum absolute atomic E-state index is 12.0. The van der Waals surface area contributed by atoms with Gasteiger partial charge in [-0.15, -0.1) is 17.9 Å². The van der Waals surface area contributed by atoms with Gasteiger partial charge in [-0.2, -0.15) is 0 Å². The lowest BCUT2D eigenvalue weighted by Gasteiger charge is -2.05. The van der Waals surface area contributed by atoms with Gasteiger partial charge in [-0.25, -0.2) is 0 Å². The Morgan fingerprint density at radius 2 is 2.10 bits per heavy atom. The number of nitrogens with one attached hydrogen (secondary N) is 3. The van der Waals surface area contributed by atoms with Crippen molar-refractivity contribution < 1.29 is 9.59 Å². The number of amides is 2. The normalized spacial score (nSPS) is 9.90. The van der Waals surface area contributed by atoms with Crippen molar-refractivity contribution in [2.75, 3.05) is 31.2 Å². The first kappa shape index (κ1) is 16.0. The van der Waals surface area contributed by atoms with E-state index in [1.165, 1.54) is 18.4 Å². The van der Waals surface area contributed by atoms with Crippen molar-refractivity contribution >= 4 is 33.8 Å². The zero-order chi connectivity index (χ0) is 15.1. The smallest absolute Gasteiger partial charge is 0.263 e. The summed E-state index contributed by atoms with van der Waals surface area (Å²) in [4.78, 5) is 24.2. The average Bonchev–Trinajstić information content (AvgIpc) is 2.78. The molecular formula is C13H20N4O2S. The Morgan fingerprint density at radius 1 is 1.40 bits per heavy atom. The molecule has 110 valence electrons. The van der Waals surface area contributed by atoms with E-state index < -0.39 is 0 Å². The molecule has 0 unspecified atom stereocenters. The largest absolute Gasteiger partial charge is 0.397 e. The van der Waals surface area contributed by atoms with Crippen LogP contribution in [0.3, 0.4) is 0 Å². The monoisotopic (exact) mass is 296 g/mol. The Labute approximate surface area is 122 Å². The maximum atomic E-state index is 12.0. The van der Waals surface area contributed by atoms with E-state index in [-0.39, 0.29) is 17.5 Å². The van der Waals surface area contributed by atoms with Gasteiger partial charge in [0.1, 0.15) is 9.88 Å². The molecule has 0 aliphatic carbocycles. The van der Waals surface area contributed by atoms with Crippen molar-refractivity contribution in [2.45, 2.75) is 13.3 Å². The molecule has 1 rings (SSSR count). The predicted molar refractivity (Wildman–Crippen MR) is 83.4 cm³/mol. The van der Waals surface area contributed by atoms with E-state index in [0.29, 0.717) is 28.5 Å². The third-order valence-electron chi connectivity index (χ3n) is 2.55. The molecule has 20 heavy (non-hydrogen) atoms. The van der Waals surface area contributed by atoms with Gasteiger partial charge in [-0.3, -0.25) is 9.59 Å². The van der Waals surface area contributed by atoms with Crippen molar-refractivity contribution in [1.82, 2.24) is 10.6 Å². The number of nitrogen functional groups attached to an aromatic ring is 1. The Kier molecular flexibility index (Phi) is 6.05. The molecule has 0 radical (unpaired) electrons. The highest BCUT2D eigenvalue weighted by atomic mass is 32.1. The first-order valence-electron chi connectivity index (χ1n) is 6.34. The minimum absolute atomic E-state index is 0.203. The quantitative estimate of drug-likeness (QED) is 0.572. The van der Waals surface area contributed by atoms with Crippen molar-refractivity contribution in [1.29, 1.82) is 0 Å². The van der Waals surface area contributed by atoms with E-state index in [1.54, 1.807) is 6.08 Å². The number of carbonyl (C=O) groups excluding carboxylic acids is 2. The minimum atomic E-state index is -0.305. The summed E-state index contributed by atoms with van der Waals surface area (Å²) in [6, 6.07) is 0. The second-order valence-electron chi connectivity index (χ2n) is 4.05. The van der Waals surface area contributed by atoms with Crippen LogP contribution in [0.5, 0.6) is 0 Å². The highest BCUT2D eigenvalue weighted by molar-refractivity contribution is 7.19. The lowest BCUT2D eigenvalue weighted by Crippen LogP contribution is -2.24. The summed E-state index contributed by atoms with van der Waals surface area (Å²) in [7, 11) is 1.53. The van der Waals surface area contributed by atoms with E-state index >= 15 is 0 Å². The lowest BCUT2D eigenvalue weighted by molar-refractivity contribution is 0.0960. The average molecular weight is 296 g/mol. The zero-order valence-corrected chi connectivity index (χ0v) is 12.5. The van der Waals surface area contributed by atoms with Crippen LogP contribution in [0.1, 0.15) is 33.4 Å². The van der Waals surface area contributed by atoms with Gasteiger partial charge < -0.3 is 21.7 Å². The first-order chi connectivity index (χ1) is 9.56. The van der Waals surface area contributed by atoms with Crippen LogP contribution in [-0.4, -0.2) is 32.0 Å². The van der Waals surface area contributed by atoms with Crippen LogP contribution in [0, 0.1) is 0 Å². The van der Waals surface area contributed by atoms with Crippen molar-refractivity contribution in [3.05, 3.63) is 23.1 Å². The van der Waals surface area contributed by atoms with Crippen LogP contribution in [0.15, 0.2) is 12.7 Å². The third kappa shape index (κ3) is 3.51. The molecule has 6 nitrogen and oxygen atoms in total. The van der Waals surface area contributed by atoms with Crippen molar-refractivity contribution in [2.24, 2.45) is 0 Å². The second kappa shape index (κ2) is 7.54. The number of hydrogen-bond donors (Lipinski definition) is 4. The van der Waals surface area contributed by atoms with E-state index in [9.17, 15) is 9.59 Å². The number of carbonyl (C=O) groups is 2. The summed E-state index contributed by atoms with van der Waals surface area (Å²) >= 11 is 1.19. The molecule has 1 heterocycles. The molecule has 5 N–H and O–H groups in total. The van der Waals surface area contributed by atoms with Gasteiger partial charge in [0, 0.05) is 20.1 Å². The molecule has 0 fully saturated rings. The van der Waals surface area contributed by atoms with Crippen LogP contribution in [0.4, 0.5) is 10.7 Å². The molecule has 7 heteroatoms. The molecule has 0 saturated heterocycles. The Morgan fingerprint density at radius 3 is 2.65 bits per heavy atom. The van der Waals surface area contributed by atoms with Crippen LogP contribution >= 0.6 is 11.3 Å². The fourth-order valence-corrected chi connectivity index (χ4v) is 2.63. The van der Waals surface area contributed by atoms with Crippen molar-refractivity contribution in [3.8, 4) is 0 Å². The van der Waals surface area contributed by atoms with E-state index in [4.69, 9.17) is 5.73 Å². The van der Waals surface area contributed by atoms with Gasteiger partial charge >= 0.3 is 0 Å². The van der Waals surface area contributed by atoms with Crippen LogP contribution in [0.2, 0.25) is 0 Å². The number of anilines is 2. The highest BCUT2D eigenvalue weighted by Gasteiger charge is 2.24. The maximum Gasteiger partial charge on any atom is 0.263 e. The standard InChI is InChI=1S/C13H20N4O2S/c1-4-6-16-12(19)10-9(14)8(11(18)15-3)13(20-10)17-7-5-2/h4,17H,1,5-7,14H2,2-3H3,(H,15,18)(H,16,19). The summed E-state index contributed by atoms with van der Waals surface area (Å²) in [5.74, 6) is -0.609. The summed E-state index contributed by atoms with van der Waals surface area (Å²) < 4.78 is 0. The summed E-state index contributed by atoms with van der Waals surface area (Å²) in [5.41, 5.74) is 6.48. The predicted octanol–water partition coefficient (Wildman–Crippen LogP) is 1.43. The Bertz CT molecular complexity index is 511. The number of rotatable bonds is 7. The number of hydrogen-bond acceptors (Lipinski definition) is 5. The summed E-state index contributed by atoms with van der Waals surface area (Å²) in [6.07, 6.45) is 2.49. The molecular weight excluding hydrogens is 276 g/mol.